The lowest BCUT2D eigenvalue weighted by Gasteiger charge is -2.31. The fourth-order valence-corrected chi connectivity index (χ4v) is 2.30. The molecule has 0 amide bonds. The Morgan fingerprint density at radius 1 is 1.41 bits per heavy atom. The van der Waals surface area contributed by atoms with Crippen LogP contribution in [0.5, 0.6) is 0 Å². The summed E-state index contributed by atoms with van der Waals surface area (Å²) in [7, 11) is 0. The van der Waals surface area contributed by atoms with Crippen LogP contribution in [0.4, 0.5) is 0 Å². The molecule has 0 aromatic heterocycles. The van der Waals surface area contributed by atoms with Gasteiger partial charge in [0.05, 0.1) is 12.2 Å². The van der Waals surface area contributed by atoms with Crippen molar-refractivity contribution < 1.29 is 14.3 Å². The minimum Gasteiger partial charge on any atom is -0.462 e. The van der Waals surface area contributed by atoms with E-state index >= 15 is 0 Å². The zero-order chi connectivity index (χ0) is 12.8. The van der Waals surface area contributed by atoms with Gasteiger partial charge in [0.2, 0.25) is 0 Å². The summed E-state index contributed by atoms with van der Waals surface area (Å²) in [6.45, 7) is 6.63. The summed E-state index contributed by atoms with van der Waals surface area (Å²) in [5, 5.41) is 0. The second-order valence-electron chi connectivity index (χ2n) is 5.05. The Kier molecular flexibility index (Phi) is 5.92. The maximum absolute atomic E-state index is 11.7. The Labute approximate surface area is 104 Å². The summed E-state index contributed by atoms with van der Waals surface area (Å²) >= 11 is 0. The van der Waals surface area contributed by atoms with Crippen LogP contribution in [0.25, 0.3) is 0 Å². The molecule has 100 valence electrons. The number of nitrogens with two attached hydrogens (primary N) is 1. The minimum absolute atomic E-state index is 0.0107. The van der Waals surface area contributed by atoms with E-state index in [1.165, 1.54) is 0 Å². The first kappa shape index (κ1) is 14.5. The highest BCUT2D eigenvalue weighted by Gasteiger charge is 2.27. The van der Waals surface area contributed by atoms with Crippen molar-refractivity contribution in [1.29, 1.82) is 0 Å². The second-order valence-corrected chi connectivity index (χ2v) is 5.05. The topological polar surface area (TPSA) is 61.6 Å². The predicted molar refractivity (Wildman–Crippen MR) is 66.6 cm³/mol. The smallest absolute Gasteiger partial charge is 0.306 e. The van der Waals surface area contributed by atoms with Gasteiger partial charge in [0, 0.05) is 19.3 Å². The van der Waals surface area contributed by atoms with Gasteiger partial charge in [-0.2, -0.15) is 0 Å². The molecule has 0 aromatic carbocycles. The molecule has 4 heteroatoms. The molecule has 0 aliphatic carbocycles. The third-order valence-electron chi connectivity index (χ3n) is 3.32. The van der Waals surface area contributed by atoms with Crippen LogP contribution in [0, 0.1) is 5.92 Å². The fourth-order valence-electron chi connectivity index (χ4n) is 2.30. The van der Waals surface area contributed by atoms with Crippen molar-refractivity contribution in [3.63, 3.8) is 0 Å². The van der Waals surface area contributed by atoms with Crippen LogP contribution in [0.1, 0.15) is 46.5 Å². The van der Waals surface area contributed by atoms with Crippen LogP contribution in [-0.2, 0) is 14.3 Å². The molecule has 3 unspecified atom stereocenters. The molecule has 0 spiro atoms. The summed E-state index contributed by atoms with van der Waals surface area (Å²) < 4.78 is 11.1. The van der Waals surface area contributed by atoms with Gasteiger partial charge in [-0.15, -0.1) is 0 Å². The zero-order valence-corrected chi connectivity index (χ0v) is 11.1. The summed E-state index contributed by atoms with van der Waals surface area (Å²) in [5.41, 5.74) is 5.58. The van der Waals surface area contributed by atoms with Crippen LogP contribution < -0.4 is 5.73 Å². The Bertz CT molecular complexity index is 231. The highest BCUT2D eigenvalue weighted by molar-refractivity contribution is 5.69. The first-order valence-corrected chi connectivity index (χ1v) is 6.60. The van der Waals surface area contributed by atoms with Crippen molar-refractivity contribution in [3.8, 4) is 0 Å². The fraction of sp³-hybridized carbons (Fsp3) is 0.923. The number of carbonyl (C=O) groups excluding carboxylic acids is 1. The van der Waals surface area contributed by atoms with Crippen molar-refractivity contribution in [2.24, 2.45) is 11.7 Å². The Balaban J connectivity index is 2.34. The van der Waals surface area contributed by atoms with E-state index in [1.807, 2.05) is 20.8 Å². The van der Waals surface area contributed by atoms with E-state index in [-0.39, 0.29) is 30.2 Å². The van der Waals surface area contributed by atoms with E-state index in [1.54, 1.807) is 0 Å². The van der Waals surface area contributed by atoms with Crippen molar-refractivity contribution in [2.45, 2.75) is 64.8 Å². The number of ether oxygens (including phenoxy) is 2. The molecule has 4 nitrogen and oxygen atoms in total. The Morgan fingerprint density at radius 3 is 2.47 bits per heavy atom. The minimum atomic E-state index is -0.117. The molecule has 2 N–H and O–H groups in total. The summed E-state index contributed by atoms with van der Waals surface area (Å²) in [6, 6.07) is 0. The van der Waals surface area contributed by atoms with Crippen molar-refractivity contribution in [1.82, 2.24) is 0 Å². The molecule has 17 heavy (non-hydrogen) atoms. The van der Waals surface area contributed by atoms with E-state index in [0.717, 1.165) is 19.3 Å². The van der Waals surface area contributed by atoms with Crippen LogP contribution in [0.15, 0.2) is 0 Å². The maximum atomic E-state index is 11.7. The van der Waals surface area contributed by atoms with E-state index in [9.17, 15) is 4.79 Å². The van der Waals surface area contributed by atoms with Crippen LogP contribution >= 0.6 is 0 Å². The lowest BCUT2D eigenvalue weighted by molar-refractivity contribution is -0.160. The van der Waals surface area contributed by atoms with Gasteiger partial charge in [0.1, 0.15) is 6.10 Å². The molecule has 1 aliphatic rings. The van der Waals surface area contributed by atoms with Gasteiger partial charge < -0.3 is 15.2 Å². The monoisotopic (exact) mass is 243 g/mol. The molecule has 0 radical (unpaired) electrons. The molecule has 1 heterocycles. The summed E-state index contributed by atoms with van der Waals surface area (Å²) in [5.74, 6) is 0.130. The number of esters is 1. The molecule has 1 rings (SSSR count). The largest absolute Gasteiger partial charge is 0.462 e. The van der Waals surface area contributed by atoms with Gasteiger partial charge in [0.25, 0.3) is 0 Å². The standard InChI is InChI=1S/C13H25NO3/c1-4-11(8-14)7-13(15)17-12-5-9(2)16-10(3)6-12/h9-12H,4-8,14H2,1-3H3. The van der Waals surface area contributed by atoms with E-state index in [0.29, 0.717) is 13.0 Å². The average molecular weight is 243 g/mol. The van der Waals surface area contributed by atoms with E-state index < -0.39 is 0 Å². The second kappa shape index (κ2) is 6.97. The lowest BCUT2D eigenvalue weighted by atomic mass is 10.0. The van der Waals surface area contributed by atoms with Crippen molar-refractivity contribution in [3.05, 3.63) is 0 Å². The molecular weight excluding hydrogens is 218 g/mol. The first-order valence-electron chi connectivity index (χ1n) is 6.60. The van der Waals surface area contributed by atoms with Crippen LogP contribution in [0.2, 0.25) is 0 Å². The molecule has 0 aromatic rings. The van der Waals surface area contributed by atoms with E-state index in [4.69, 9.17) is 15.2 Å². The molecule has 0 saturated carbocycles. The highest BCUT2D eigenvalue weighted by atomic mass is 16.6. The lowest BCUT2D eigenvalue weighted by Crippen LogP contribution is -2.35. The number of rotatable bonds is 5. The van der Waals surface area contributed by atoms with Crippen molar-refractivity contribution >= 4 is 5.97 Å². The molecule has 3 atom stereocenters. The third-order valence-corrected chi connectivity index (χ3v) is 3.32. The SMILES string of the molecule is CCC(CN)CC(=O)OC1CC(C)OC(C)C1. The van der Waals surface area contributed by atoms with Gasteiger partial charge >= 0.3 is 5.97 Å². The van der Waals surface area contributed by atoms with Gasteiger partial charge in [-0.25, -0.2) is 0 Å². The number of carbonyl (C=O) groups is 1. The predicted octanol–water partition coefficient (Wildman–Crippen LogP) is 1.86. The first-order chi connectivity index (χ1) is 8.05. The van der Waals surface area contributed by atoms with Crippen LogP contribution in [0.3, 0.4) is 0 Å². The van der Waals surface area contributed by atoms with Gasteiger partial charge in [-0.1, -0.05) is 13.3 Å². The highest BCUT2D eigenvalue weighted by Crippen LogP contribution is 2.22. The van der Waals surface area contributed by atoms with E-state index in [2.05, 4.69) is 0 Å². The number of hydrogen-bond donors (Lipinski definition) is 1. The Hall–Kier alpha value is -0.610. The Morgan fingerprint density at radius 2 is 2.00 bits per heavy atom. The quantitative estimate of drug-likeness (QED) is 0.749. The number of hydrogen-bond acceptors (Lipinski definition) is 4. The molecule has 1 saturated heterocycles. The van der Waals surface area contributed by atoms with Gasteiger partial charge in [0.15, 0.2) is 0 Å². The normalized spacial score (nSPS) is 30.9. The molecule has 1 aliphatic heterocycles. The third kappa shape index (κ3) is 5.04. The molecule has 1 fully saturated rings. The van der Waals surface area contributed by atoms with Crippen molar-refractivity contribution in [2.75, 3.05) is 6.54 Å². The maximum Gasteiger partial charge on any atom is 0.306 e. The summed E-state index contributed by atoms with van der Waals surface area (Å²) in [4.78, 5) is 11.7. The summed E-state index contributed by atoms with van der Waals surface area (Å²) in [6.07, 6.45) is 3.32. The van der Waals surface area contributed by atoms with Gasteiger partial charge in [-0.05, 0) is 26.3 Å². The van der Waals surface area contributed by atoms with Crippen LogP contribution in [-0.4, -0.2) is 30.8 Å². The molecular formula is C13H25NO3. The zero-order valence-electron chi connectivity index (χ0n) is 11.1. The molecule has 0 bridgehead atoms. The average Bonchev–Trinajstić information content (AvgIpc) is 2.24. The van der Waals surface area contributed by atoms with Gasteiger partial charge in [-0.3, -0.25) is 4.79 Å².